The molecule has 2 heterocycles. The summed E-state index contributed by atoms with van der Waals surface area (Å²) in [5, 5.41) is 0. The van der Waals surface area contributed by atoms with Crippen LogP contribution in [0.1, 0.15) is 31.7 Å². The molecule has 1 amide bonds. The van der Waals surface area contributed by atoms with Crippen LogP contribution in [0.5, 0.6) is 0 Å². The molecule has 0 aliphatic carbocycles. The SMILES string of the molecule is Cc1cccc2[nH]c(CCC(=O)N3CCOCC(C(C)C)C3)nc12. The summed E-state index contributed by atoms with van der Waals surface area (Å²) in [6.45, 7) is 9.33. The highest BCUT2D eigenvalue weighted by molar-refractivity contribution is 5.79. The molecule has 1 atom stereocenters. The van der Waals surface area contributed by atoms with E-state index in [1.54, 1.807) is 0 Å². The quantitative estimate of drug-likeness (QED) is 0.938. The van der Waals surface area contributed by atoms with Crippen LogP contribution >= 0.6 is 0 Å². The number of imidazole rings is 1. The normalized spacial score (nSPS) is 19.0. The summed E-state index contributed by atoms with van der Waals surface area (Å²) in [7, 11) is 0. The lowest BCUT2D eigenvalue weighted by Gasteiger charge is -2.25. The Kier molecular flexibility index (Phi) is 5.19. The topological polar surface area (TPSA) is 58.2 Å². The predicted octanol–water partition coefficient (Wildman–Crippen LogP) is 2.93. The summed E-state index contributed by atoms with van der Waals surface area (Å²) in [4.78, 5) is 22.5. The fourth-order valence-corrected chi connectivity index (χ4v) is 3.19. The fraction of sp³-hybridized carbons (Fsp3) is 0.579. The Morgan fingerprint density at radius 1 is 1.46 bits per heavy atom. The highest BCUT2D eigenvalue weighted by Crippen LogP contribution is 2.18. The van der Waals surface area contributed by atoms with Crippen molar-refractivity contribution in [2.75, 3.05) is 26.3 Å². The first kappa shape index (κ1) is 17.0. The molecule has 24 heavy (non-hydrogen) atoms. The number of nitrogens with one attached hydrogen (secondary N) is 1. The van der Waals surface area contributed by atoms with Gasteiger partial charge in [-0.05, 0) is 24.5 Å². The van der Waals surface area contributed by atoms with Crippen LogP contribution in [0.25, 0.3) is 11.0 Å². The molecule has 1 saturated heterocycles. The number of nitrogens with zero attached hydrogens (tertiary/aromatic N) is 2. The van der Waals surface area contributed by atoms with Crippen molar-refractivity contribution in [2.24, 2.45) is 11.8 Å². The minimum absolute atomic E-state index is 0.198. The smallest absolute Gasteiger partial charge is 0.223 e. The zero-order chi connectivity index (χ0) is 17.1. The molecular weight excluding hydrogens is 302 g/mol. The Morgan fingerprint density at radius 2 is 2.29 bits per heavy atom. The van der Waals surface area contributed by atoms with Gasteiger partial charge in [-0.15, -0.1) is 0 Å². The average molecular weight is 329 g/mol. The lowest BCUT2D eigenvalue weighted by Crippen LogP contribution is -2.37. The number of para-hydroxylation sites is 1. The first-order valence-corrected chi connectivity index (χ1v) is 8.84. The number of benzene rings is 1. The van der Waals surface area contributed by atoms with Crippen molar-refractivity contribution in [3.05, 3.63) is 29.6 Å². The third-order valence-corrected chi connectivity index (χ3v) is 4.93. The van der Waals surface area contributed by atoms with E-state index in [9.17, 15) is 4.79 Å². The second-order valence-corrected chi connectivity index (χ2v) is 7.07. The van der Waals surface area contributed by atoms with Crippen molar-refractivity contribution >= 4 is 16.9 Å². The molecule has 5 nitrogen and oxygen atoms in total. The number of hydrogen-bond acceptors (Lipinski definition) is 3. The van der Waals surface area contributed by atoms with Crippen LogP contribution < -0.4 is 0 Å². The Labute approximate surface area is 143 Å². The van der Waals surface area contributed by atoms with Crippen molar-refractivity contribution in [3.8, 4) is 0 Å². The van der Waals surface area contributed by atoms with Gasteiger partial charge in [0.05, 0.1) is 24.2 Å². The lowest BCUT2D eigenvalue weighted by molar-refractivity contribution is -0.131. The van der Waals surface area contributed by atoms with Crippen LogP contribution in [-0.4, -0.2) is 47.1 Å². The molecule has 1 aromatic heterocycles. The van der Waals surface area contributed by atoms with Gasteiger partial charge in [0, 0.05) is 31.8 Å². The number of H-pyrrole nitrogens is 1. The molecule has 1 aromatic carbocycles. The van der Waals surface area contributed by atoms with Crippen LogP contribution in [0.15, 0.2) is 18.2 Å². The first-order chi connectivity index (χ1) is 11.5. The van der Waals surface area contributed by atoms with Crippen molar-refractivity contribution in [1.82, 2.24) is 14.9 Å². The number of hydrogen-bond donors (Lipinski definition) is 1. The van der Waals surface area contributed by atoms with Crippen LogP contribution in [0.2, 0.25) is 0 Å². The van der Waals surface area contributed by atoms with Crippen LogP contribution in [0, 0.1) is 18.8 Å². The molecule has 130 valence electrons. The van der Waals surface area contributed by atoms with Gasteiger partial charge in [0.25, 0.3) is 0 Å². The van der Waals surface area contributed by atoms with E-state index in [-0.39, 0.29) is 5.91 Å². The molecule has 5 heteroatoms. The maximum Gasteiger partial charge on any atom is 0.223 e. The first-order valence-electron chi connectivity index (χ1n) is 8.84. The Bertz CT molecular complexity index is 708. The zero-order valence-corrected chi connectivity index (χ0v) is 14.8. The summed E-state index contributed by atoms with van der Waals surface area (Å²) in [5.41, 5.74) is 3.20. The fourth-order valence-electron chi connectivity index (χ4n) is 3.19. The Morgan fingerprint density at radius 3 is 3.04 bits per heavy atom. The van der Waals surface area contributed by atoms with Crippen LogP contribution in [-0.2, 0) is 16.0 Å². The Balaban J connectivity index is 1.62. The molecule has 1 fully saturated rings. The Hall–Kier alpha value is -1.88. The van der Waals surface area contributed by atoms with Gasteiger partial charge in [0.1, 0.15) is 5.82 Å². The van der Waals surface area contributed by atoms with Crippen LogP contribution in [0.3, 0.4) is 0 Å². The van der Waals surface area contributed by atoms with E-state index in [2.05, 4.69) is 36.8 Å². The molecule has 0 saturated carbocycles. The van der Waals surface area contributed by atoms with Crippen LogP contribution in [0.4, 0.5) is 0 Å². The van der Waals surface area contributed by atoms with Gasteiger partial charge >= 0.3 is 0 Å². The van der Waals surface area contributed by atoms with E-state index < -0.39 is 0 Å². The van der Waals surface area contributed by atoms with Gasteiger partial charge in [-0.25, -0.2) is 4.98 Å². The van der Waals surface area contributed by atoms with E-state index in [0.29, 0.717) is 37.8 Å². The predicted molar refractivity (Wildman–Crippen MR) is 94.9 cm³/mol. The average Bonchev–Trinajstić information content (AvgIpc) is 2.81. The minimum atomic E-state index is 0.198. The van der Waals surface area contributed by atoms with Crippen molar-refractivity contribution in [1.29, 1.82) is 0 Å². The number of ether oxygens (including phenoxy) is 1. The largest absolute Gasteiger partial charge is 0.379 e. The second-order valence-electron chi connectivity index (χ2n) is 7.07. The molecule has 0 bridgehead atoms. The molecule has 1 aliphatic heterocycles. The minimum Gasteiger partial charge on any atom is -0.379 e. The summed E-state index contributed by atoms with van der Waals surface area (Å²) in [6.07, 6.45) is 1.14. The number of amides is 1. The number of aromatic amines is 1. The summed E-state index contributed by atoms with van der Waals surface area (Å²) >= 11 is 0. The molecule has 3 rings (SSSR count). The summed E-state index contributed by atoms with van der Waals surface area (Å²) in [5.74, 6) is 2.03. The van der Waals surface area contributed by atoms with Gasteiger partial charge in [0.15, 0.2) is 0 Å². The van der Waals surface area contributed by atoms with E-state index in [1.807, 2.05) is 17.0 Å². The van der Waals surface area contributed by atoms with Gasteiger partial charge in [-0.1, -0.05) is 26.0 Å². The van der Waals surface area contributed by atoms with Gasteiger partial charge in [-0.3, -0.25) is 4.79 Å². The number of carbonyl (C=O) groups is 1. The maximum atomic E-state index is 12.6. The molecule has 1 unspecified atom stereocenters. The van der Waals surface area contributed by atoms with Crippen molar-refractivity contribution in [3.63, 3.8) is 0 Å². The van der Waals surface area contributed by atoms with E-state index in [4.69, 9.17) is 4.74 Å². The van der Waals surface area contributed by atoms with E-state index >= 15 is 0 Å². The maximum absolute atomic E-state index is 12.6. The number of aryl methyl sites for hydroxylation is 2. The van der Waals surface area contributed by atoms with Gasteiger partial charge in [-0.2, -0.15) is 0 Å². The molecule has 0 radical (unpaired) electrons. The van der Waals surface area contributed by atoms with E-state index in [1.165, 1.54) is 0 Å². The van der Waals surface area contributed by atoms with Crippen molar-refractivity contribution < 1.29 is 9.53 Å². The van der Waals surface area contributed by atoms with Gasteiger partial charge < -0.3 is 14.6 Å². The lowest BCUT2D eigenvalue weighted by atomic mass is 9.96. The van der Waals surface area contributed by atoms with E-state index in [0.717, 1.165) is 35.6 Å². The summed E-state index contributed by atoms with van der Waals surface area (Å²) < 4.78 is 5.65. The number of aromatic nitrogens is 2. The molecule has 1 aliphatic rings. The highest BCUT2D eigenvalue weighted by Gasteiger charge is 2.24. The molecular formula is C19H27N3O2. The number of rotatable bonds is 4. The monoisotopic (exact) mass is 329 g/mol. The number of carbonyl (C=O) groups excluding carboxylic acids is 1. The second kappa shape index (κ2) is 7.34. The molecule has 2 aromatic rings. The third-order valence-electron chi connectivity index (χ3n) is 4.93. The third kappa shape index (κ3) is 3.78. The molecule has 0 spiro atoms. The highest BCUT2D eigenvalue weighted by atomic mass is 16.5. The zero-order valence-electron chi connectivity index (χ0n) is 14.8. The molecule has 1 N–H and O–H groups in total. The summed E-state index contributed by atoms with van der Waals surface area (Å²) in [6, 6.07) is 6.11. The van der Waals surface area contributed by atoms with Crippen molar-refractivity contribution in [2.45, 2.75) is 33.6 Å². The van der Waals surface area contributed by atoms with Gasteiger partial charge in [0.2, 0.25) is 5.91 Å². The standard InChI is InChI=1S/C19H27N3O2/c1-13(2)15-11-22(9-10-24-12-15)18(23)8-7-17-20-16-6-4-5-14(3)19(16)21-17/h4-6,13,15H,7-12H2,1-3H3,(H,20,21). The number of fused-ring (bicyclic) bond motifs is 1.